The first-order valence-electron chi connectivity index (χ1n) is 5.98. The molecule has 18 heavy (non-hydrogen) atoms. The molecule has 1 saturated carbocycles. The van der Waals surface area contributed by atoms with E-state index in [1.807, 2.05) is 0 Å². The summed E-state index contributed by atoms with van der Waals surface area (Å²) in [6.07, 6.45) is 4.11. The number of carbonyl (C=O) groups excluding carboxylic acids is 2. The number of methoxy groups -OCH3 is 1. The molecule has 6 heteroatoms. The minimum atomic E-state index is -0.384. The molecule has 1 aromatic heterocycles. The van der Waals surface area contributed by atoms with Gasteiger partial charge in [0.25, 0.3) is 5.91 Å². The van der Waals surface area contributed by atoms with E-state index in [0.29, 0.717) is 5.69 Å². The number of thiazole rings is 1. The third-order valence-electron chi connectivity index (χ3n) is 3.20. The van der Waals surface area contributed by atoms with E-state index < -0.39 is 0 Å². The highest BCUT2D eigenvalue weighted by Gasteiger charge is 2.30. The van der Waals surface area contributed by atoms with Crippen molar-refractivity contribution >= 4 is 23.2 Å². The zero-order valence-electron chi connectivity index (χ0n) is 10.3. The van der Waals surface area contributed by atoms with Crippen LogP contribution in [-0.2, 0) is 9.53 Å². The molecule has 0 spiro atoms. The number of carbonyl (C=O) groups is 2. The molecule has 0 aromatic carbocycles. The molecule has 1 heterocycles. The summed E-state index contributed by atoms with van der Waals surface area (Å²) in [4.78, 5) is 29.3. The Hall–Kier alpha value is -1.43. The Bertz CT molecular complexity index is 413. The van der Waals surface area contributed by atoms with Crippen molar-refractivity contribution in [1.29, 1.82) is 0 Å². The van der Waals surface area contributed by atoms with Gasteiger partial charge >= 0.3 is 5.97 Å². The Morgan fingerprint density at radius 1 is 1.50 bits per heavy atom. The van der Waals surface area contributed by atoms with Crippen LogP contribution in [0.4, 0.5) is 0 Å². The zero-order valence-corrected chi connectivity index (χ0v) is 11.1. The zero-order chi connectivity index (χ0) is 13.0. The molecule has 1 aliphatic carbocycles. The maximum atomic E-state index is 12.3. The molecular formula is C12H16N2O3S. The number of nitrogens with zero attached hydrogens (tertiary/aromatic N) is 2. The summed E-state index contributed by atoms with van der Waals surface area (Å²) in [6.45, 7) is 0.0114. The Kier molecular flexibility index (Phi) is 4.30. The number of rotatable bonds is 4. The van der Waals surface area contributed by atoms with Crippen molar-refractivity contribution in [3.8, 4) is 0 Å². The van der Waals surface area contributed by atoms with Crippen LogP contribution in [0, 0.1) is 0 Å². The highest BCUT2D eigenvalue weighted by atomic mass is 32.1. The van der Waals surface area contributed by atoms with Crippen LogP contribution in [0.2, 0.25) is 0 Å². The van der Waals surface area contributed by atoms with E-state index in [2.05, 4.69) is 9.72 Å². The number of ether oxygens (including phenoxy) is 1. The summed E-state index contributed by atoms with van der Waals surface area (Å²) in [6, 6.07) is 0.137. The lowest BCUT2D eigenvalue weighted by Crippen LogP contribution is -2.42. The van der Waals surface area contributed by atoms with Crippen LogP contribution in [0.15, 0.2) is 10.9 Å². The van der Waals surface area contributed by atoms with Gasteiger partial charge in [0.1, 0.15) is 12.2 Å². The lowest BCUT2D eigenvalue weighted by molar-refractivity contribution is -0.141. The standard InChI is InChI=1S/C12H16N2O3S/c1-17-11(15)6-14(9-4-2-3-5-9)12(16)10-7-18-8-13-10/h7-9H,2-6H2,1H3. The normalized spacial score (nSPS) is 15.6. The summed E-state index contributed by atoms with van der Waals surface area (Å²) in [7, 11) is 1.34. The Balaban J connectivity index is 2.13. The topological polar surface area (TPSA) is 59.5 Å². The first-order chi connectivity index (χ1) is 8.72. The van der Waals surface area contributed by atoms with Crippen LogP contribution < -0.4 is 0 Å². The molecule has 1 aliphatic rings. The van der Waals surface area contributed by atoms with Gasteiger partial charge in [0, 0.05) is 11.4 Å². The molecule has 2 rings (SSSR count). The summed E-state index contributed by atoms with van der Waals surface area (Å²) >= 11 is 1.38. The van der Waals surface area contributed by atoms with Gasteiger partial charge in [0.2, 0.25) is 0 Å². The molecule has 1 amide bonds. The maximum Gasteiger partial charge on any atom is 0.325 e. The molecule has 5 nitrogen and oxygen atoms in total. The number of hydrogen-bond acceptors (Lipinski definition) is 5. The summed E-state index contributed by atoms with van der Waals surface area (Å²) in [5.74, 6) is -0.556. The third kappa shape index (κ3) is 2.87. The number of esters is 1. The van der Waals surface area contributed by atoms with E-state index in [1.165, 1.54) is 18.4 Å². The average Bonchev–Trinajstić information content (AvgIpc) is 3.06. The fraction of sp³-hybridized carbons (Fsp3) is 0.583. The van der Waals surface area contributed by atoms with Crippen LogP contribution in [0.5, 0.6) is 0 Å². The van der Waals surface area contributed by atoms with Crippen molar-refractivity contribution in [2.45, 2.75) is 31.7 Å². The molecule has 1 fully saturated rings. The Morgan fingerprint density at radius 3 is 2.78 bits per heavy atom. The molecule has 98 valence electrons. The van der Waals surface area contributed by atoms with E-state index in [-0.39, 0.29) is 24.5 Å². The second kappa shape index (κ2) is 5.95. The van der Waals surface area contributed by atoms with Crippen LogP contribution in [-0.4, -0.2) is 41.5 Å². The van der Waals surface area contributed by atoms with Crippen molar-refractivity contribution in [3.63, 3.8) is 0 Å². The quantitative estimate of drug-likeness (QED) is 0.780. The lowest BCUT2D eigenvalue weighted by atomic mass is 10.2. The van der Waals surface area contributed by atoms with Gasteiger partial charge in [-0.2, -0.15) is 0 Å². The molecule has 0 bridgehead atoms. The van der Waals surface area contributed by atoms with E-state index >= 15 is 0 Å². The van der Waals surface area contributed by atoms with Crippen molar-refractivity contribution < 1.29 is 14.3 Å². The smallest absolute Gasteiger partial charge is 0.325 e. The van der Waals surface area contributed by atoms with Gasteiger partial charge in [-0.05, 0) is 12.8 Å². The minimum Gasteiger partial charge on any atom is -0.468 e. The van der Waals surface area contributed by atoms with Gasteiger partial charge in [-0.15, -0.1) is 11.3 Å². The molecule has 0 saturated heterocycles. The second-order valence-electron chi connectivity index (χ2n) is 4.32. The van der Waals surface area contributed by atoms with E-state index in [4.69, 9.17) is 0 Å². The van der Waals surface area contributed by atoms with Crippen molar-refractivity contribution in [2.75, 3.05) is 13.7 Å². The highest BCUT2D eigenvalue weighted by Crippen LogP contribution is 2.24. The van der Waals surface area contributed by atoms with Crippen molar-refractivity contribution in [3.05, 3.63) is 16.6 Å². The van der Waals surface area contributed by atoms with Gasteiger partial charge < -0.3 is 9.64 Å². The summed E-state index contributed by atoms with van der Waals surface area (Å²) < 4.78 is 4.66. The SMILES string of the molecule is COC(=O)CN(C(=O)c1cscn1)C1CCCC1. The molecule has 0 aliphatic heterocycles. The molecule has 1 aromatic rings. The number of hydrogen-bond donors (Lipinski definition) is 0. The van der Waals surface area contributed by atoms with E-state index in [9.17, 15) is 9.59 Å². The third-order valence-corrected chi connectivity index (χ3v) is 3.79. The van der Waals surface area contributed by atoms with Crippen LogP contribution in [0.25, 0.3) is 0 Å². The average molecular weight is 268 g/mol. The lowest BCUT2D eigenvalue weighted by Gasteiger charge is -2.27. The minimum absolute atomic E-state index is 0.0114. The fourth-order valence-electron chi connectivity index (χ4n) is 2.25. The highest BCUT2D eigenvalue weighted by molar-refractivity contribution is 7.07. The molecule has 0 radical (unpaired) electrons. The molecule has 0 unspecified atom stereocenters. The Morgan fingerprint density at radius 2 is 2.22 bits per heavy atom. The first kappa shape index (κ1) is 13.0. The van der Waals surface area contributed by atoms with Crippen molar-refractivity contribution in [2.24, 2.45) is 0 Å². The molecule has 0 atom stereocenters. The Labute approximate surface area is 110 Å². The molecular weight excluding hydrogens is 252 g/mol. The predicted octanol–water partition coefficient (Wildman–Crippen LogP) is 1.70. The molecule has 0 N–H and O–H groups in total. The number of aromatic nitrogens is 1. The van der Waals surface area contributed by atoms with Gasteiger partial charge in [-0.25, -0.2) is 4.98 Å². The largest absolute Gasteiger partial charge is 0.468 e. The second-order valence-corrected chi connectivity index (χ2v) is 5.04. The maximum absolute atomic E-state index is 12.3. The first-order valence-corrected chi connectivity index (χ1v) is 6.92. The van der Waals surface area contributed by atoms with Gasteiger partial charge in [0.05, 0.1) is 12.6 Å². The predicted molar refractivity (Wildman–Crippen MR) is 67.4 cm³/mol. The van der Waals surface area contributed by atoms with Gasteiger partial charge in [0.15, 0.2) is 0 Å². The van der Waals surface area contributed by atoms with Crippen LogP contribution in [0.3, 0.4) is 0 Å². The van der Waals surface area contributed by atoms with Crippen LogP contribution in [0.1, 0.15) is 36.2 Å². The van der Waals surface area contributed by atoms with Gasteiger partial charge in [-0.1, -0.05) is 12.8 Å². The van der Waals surface area contributed by atoms with Gasteiger partial charge in [-0.3, -0.25) is 9.59 Å². The summed E-state index contributed by atoms with van der Waals surface area (Å²) in [5.41, 5.74) is 2.04. The summed E-state index contributed by atoms with van der Waals surface area (Å²) in [5, 5.41) is 1.71. The van der Waals surface area contributed by atoms with Crippen LogP contribution >= 0.6 is 11.3 Å². The van der Waals surface area contributed by atoms with E-state index in [1.54, 1.807) is 15.8 Å². The monoisotopic (exact) mass is 268 g/mol. The van der Waals surface area contributed by atoms with Crippen molar-refractivity contribution in [1.82, 2.24) is 9.88 Å². The number of amides is 1. The van der Waals surface area contributed by atoms with E-state index in [0.717, 1.165) is 25.7 Å². The fourth-order valence-corrected chi connectivity index (χ4v) is 2.78.